The van der Waals surface area contributed by atoms with Gasteiger partial charge in [-0.05, 0) is 42.8 Å². The molecule has 0 saturated heterocycles. The molecule has 24 heavy (non-hydrogen) atoms. The number of pyridine rings is 1. The van der Waals surface area contributed by atoms with Crippen molar-refractivity contribution < 1.29 is 4.74 Å². The molecule has 0 fully saturated rings. The highest BCUT2D eigenvalue weighted by Crippen LogP contribution is 2.19. The van der Waals surface area contributed by atoms with Crippen molar-refractivity contribution in [2.24, 2.45) is 0 Å². The number of thiazole rings is 1. The van der Waals surface area contributed by atoms with Crippen LogP contribution in [0.15, 0.2) is 54.0 Å². The van der Waals surface area contributed by atoms with Crippen molar-refractivity contribution in [2.45, 2.75) is 13.5 Å². The van der Waals surface area contributed by atoms with E-state index in [4.69, 9.17) is 4.74 Å². The van der Waals surface area contributed by atoms with Crippen molar-refractivity contribution in [1.29, 1.82) is 5.26 Å². The summed E-state index contributed by atoms with van der Waals surface area (Å²) in [6, 6.07) is 15.3. The molecule has 4 nitrogen and oxygen atoms in total. The number of aromatic nitrogens is 2. The second kappa shape index (κ2) is 7.53. The van der Waals surface area contributed by atoms with Gasteiger partial charge in [0.25, 0.3) is 0 Å². The predicted octanol–water partition coefficient (Wildman–Crippen LogP) is 4.49. The lowest BCUT2D eigenvalue weighted by Crippen LogP contribution is -1.95. The predicted molar refractivity (Wildman–Crippen MR) is 95.3 cm³/mol. The zero-order valence-electron chi connectivity index (χ0n) is 13.1. The Morgan fingerprint density at radius 2 is 2.08 bits per heavy atom. The monoisotopic (exact) mass is 333 g/mol. The molecule has 0 amide bonds. The lowest BCUT2D eigenvalue weighted by atomic mass is 10.1. The Bertz CT molecular complexity index is 877. The lowest BCUT2D eigenvalue weighted by molar-refractivity contribution is 0.302. The summed E-state index contributed by atoms with van der Waals surface area (Å²) in [5, 5.41) is 12.4. The van der Waals surface area contributed by atoms with Gasteiger partial charge in [0.05, 0.1) is 22.0 Å². The van der Waals surface area contributed by atoms with Gasteiger partial charge >= 0.3 is 0 Å². The van der Waals surface area contributed by atoms with Gasteiger partial charge in [-0.2, -0.15) is 5.26 Å². The molecule has 2 heterocycles. The van der Waals surface area contributed by atoms with Crippen molar-refractivity contribution >= 4 is 23.0 Å². The smallest absolute Gasteiger partial charge is 0.131 e. The van der Waals surface area contributed by atoms with Gasteiger partial charge in [-0.3, -0.25) is 4.98 Å². The second-order valence-corrected chi connectivity index (χ2v) is 6.16. The molecule has 0 bridgehead atoms. The fraction of sp³-hybridized carbons (Fsp3) is 0.105. The Morgan fingerprint density at radius 1 is 1.25 bits per heavy atom. The molecule has 0 radical (unpaired) electrons. The molecule has 0 saturated carbocycles. The van der Waals surface area contributed by atoms with Crippen LogP contribution >= 0.6 is 11.3 Å². The molecule has 0 unspecified atom stereocenters. The van der Waals surface area contributed by atoms with Crippen LogP contribution < -0.4 is 4.74 Å². The number of allylic oxidation sites excluding steroid dienone is 1. The highest BCUT2D eigenvalue weighted by molar-refractivity contribution is 7.09. The first-order chi connectivity index (χ1) is 11.7. The Balaban J connectivity index is 1.70. The summed E-state index contributed by atoms with van der Waals surface area (Å²) in [6.45, 7) is 2.43. The molecule has 1 aromatic carbocycles. The van der Waals surface area contributed by atoms with Crippen molar-refractivity contribution in [3.63, 3.8) is 0 Å². The standard InChI is InChI=1S/C19H15N3OS/c1-14-22-17(13-24-14)12-23-18-7-5-15(6-8-18)10-16(11-20)19-4-2-3-9-21-19/h2-10,13H,12H2,1H3. The average molecular weight is 333 g/mol. The third-order valence-corrected chi connectivity index (χ3v) is 4.13. The number of nitrogens with zero attached hydrogens (tertiary/aromatic N) is 3. The summed E-state index contributed by atoms with van der Waals surface area (Å²) < 4.78 is 5.72. The summed E-state index contributed by atoms with van der Waals surface area (Å²) in [7, 11) is 0. The Kier molecular flexibility index (Phi) is 4.99. The Morgan fingerprint density at radius 3 is 2.71 bits per heavy atom. The minimum atomic E-state index is 0.455. The van der Waals surface area contributed by atoms with Gasteiger partial charge in [0.2, 0.25) is 0 Å². The van der Waals surface area contributed by atoms with Crippen molar-refractivity contribution in [3.05, 3.63) is 76.0 Å². The molecule has 5 heteroatoms. The van der Waals surface area contributed by atoms with Crippen LogP contribution in [-0.4, -0.2) is 9.97 Å². The van der Waals surface area contributed by atoms with Gasteiger partial charge in [-0.25, -0.2) is 4.98 Å². The molecule has 3 aromatic rings. The van der Waals surface area contributed by atoms with Crippen LogP contribution in [0.3, 0.4) is 0 Å². The molecule has 0 aliphatic carbocycles. The largest absolute Gasteiger partial charge is 0.487 e. The molecule has 118 valence electrons. The molecule has 2 aromatic heterocycles. The van der Waals surface area contributed by atoms with Crippen LogP contribution in [0, 0.1) is 18.3 Å². The summed E-state index contributed by atoms with van der Waals surface area (Å²) in [5.41, 5.74) is 3.05. The van der Waals surface area contributed by atoms with Gasteiger partial charge in [0, 0.05) is 11.6 Å². The Labute approximate surface area is 144 Å². The maximum absolute atomic E-state index is 9.32. The number of ether oxygens (including phenoxy) is 1. The average Bonchev–Trinajstić information content (AvgIpc) is 3.05. The van der Waals surface area contributed by atoms with Gasteiger partial charge in [-0.15, -0.1) is 11.3 Å². The molecule has 0 spiro atoms. The zero-order valence-corrected chi connectivity index (χ0v) is 14.0. The van der Waals surface area contributed by atoms with Crippen LogP contribution in [0.25, 0.3) is 11.6 Å². The fourth-order valence-electron chi connectivity index (χ4n) is 2.14. The van der Waals surface area contributed by atoms with E-state index in [1.54, 1.807) is 17.5 Å². The van der Waals surface area contributed by atoms with E-state index in [1.165, 1.54) is 0 Å². The summed E-state index contributed by atoms with van der Waals surface area (Å²) >= 11 is 1.61. The maximum atomic E-state index is 9.32. The van der Waals surface area contributed by atoms with Crippen LogP contribution in [0.4, 0.5) is 0 Å². The number of rotatable bonds is 5. The third kappa shape index (κ3) is 4.06. The van der Waals surface area contributed by atoms with E-state index in [9.17, 15) is 5.26 Å². The molecular weight excluding hydrogens is 318 g/mol. The van der Waals surface area contributed by atoms with Gasteiger partial charge in [-0.1, -0.05) is 18.2 Å². The van der Waals surface area contributed by atoms with Crippen molar-refractivity contribution in [1.82, 2.24) is 9.97 Å². The third-order valence-electron chi connectivity index (χ3n) is 3.31. The van der Waals surface area contributed by atoms with Crippen LogP contribution in [0.1, 0.15) is 22.0 Å². The number of hydrogen-bond acceptors (Lipinski definition) is 5. The van der Waals surface area contributed by atoms with E-state index >= 15 is 0 Å². The SMILES string of the molecule is Cc1nc(COc2ccc(C=C(C#N)c3ccccn3)cc2)cs1. The molecule has 0 aliphatic rings. The molecule has 3 rings (SSSR count). The highest BCUT2D eigenvalue weighted by Gasteiger charge is 2.03. The fourth-order valence-corrected chi connectivity index (χ4v) is 2.74. The topological polar surface area (TPSA) is 58.8 Å². The van der Waals surface area contributed by atoms with Crippen LogP contribution in [0.2, 0.25) is 0 Å². The van der Waals surface area contributed by atoms with E-state index < -0.39 is 0 Å². The number of hydrogen-bond donors (Lipinski definition) is 0. The summed E-state index contributed by atoms with van der Waals surface area (Å²) in [5.74, 6) is 0.772. The van der Waals surface area contributed by atoms with Crippen molar-refractivity contribution in [3.8, 4) is 11.8 Å². The number of nitriles is 1. The van der Waals surface area contributed by atoms with E-state index in [0.29, 0.717) is 17.9 Å². The van der Waals surface area contributed by atoms with E-state index in [-0.39, 0.29) is 0 Å². The van der Waals surface area contributed by atoms with Gasteiger partial charge < -0.3 is 4.74 Å². The van der Waals surface area contributed by atoms with Crippen LogP contribution in [0.5, 0.6) is 5.75 Å². The maximum Gasteiger partial charge on any atom is 0.131 e. The molecular formula is C19H15N3OS. The first-order valence-electron chi connectivity index (χ1n) is 7.41. The molecule has 0 N–H and O–H groups in total. The molecule has 0 aliphatic heterocycles. The lowest BCUT2D eigenvalue weighted by Gasteiger charge is -2.05. The van der Waals surface area contributed by atoms with E-state index in [2.05, 4.69) is 16.0 Å². The Hall–Kier alpha value is -2.97. The minimum absolute atomic E-state index is 0.455. The minimum Gasteiger partial charge on any atom is -0.487 e. The normalized spacial score (nSPS) is 11.1. The van der Waals surface area contributed by atoms with Crippen LogP contribution in [-0.2, 0) is 6.61 Å². The highest BCUT2D eigenvalue weighted by atomic mass is 32.1. The first-order valence-corrected chi connectivity index (χ1v) is 8.29. The van der Waals surface area contributed by atoms with Gasteiger partial charge in [0.15, 0.2) is 0 Å². The zero-order chi connectivity index (χ0) is 16.8. The van der Waals surface area contributed by atoms with Gasteiger partial charge in [0.1, 0.15) is 18.4 Å². The number of benzene rings is 1. The molecule has 0 atom stereocenters. The summed E-state index contributed by atoms with van der Waals surface area (Å²) in [6.07, 6.45) is 3.49. The first kappa shape index (κ1) is 15.9. The number of aryl methyl sites for hydroxylation is 1. The van der Waals surface area contributed by atoms with E-state index in [1.807, 2.05) is 60.8 Å². The summed E-state index contributed by atoms with van der Waals surface area (Å²) in [4.78, 5) is 8.58. The van der Waals surface area contributed by atoms with Crippen molar-refractivity contribution in [2.75, 3.05) is 0 Å². The second-order valence-electron chi connectivity index (χ2n) is 5.10. The quantitative estimate of drug-likeness (QED) is 0.646. The van der Waals surface area contributed by atoms with E-state index in [0.717, 1.165) is 22.0 Å².